The molecule has 11 nitrogen and oxygen atoms in total. The van der Waals surface area contributed by atoms with E-state index in [0.717, 1.165) is 11.1 Å². The van der Waals surface area contributed by atoms with Gasteiger partial charge in [-0.25, -0.2) is 15.1 Å². The number of para-hydroxylation sites is 1. The van der Waals surface area contributed by atoms with Gasteiger partial charge in [-0.15, -0.1) is 0 Å². The van der Waals surface area contributed by atoms with Gasteiger partial charge in [0.15, 0.2) is 5.03 Å². The molecule has 0 radical (unpaired) electrons. The SMILES string of the molecule is CC(C)C(C(=O)OC(C#N)c1cccc(Oc2ccccc2)c1)c1ccc(Cl)cc1.O=[N+]([O-])/N=C1\NCCN1Cc1ccc(Cl)nc1. The van der Waals surface area contributed by atoms with Crippen LogP contribution in [-0.2, 0) is 16.1 Å². The molecule has 5 rings (SSSR count). The topological polar surface area (TPSA) is 143 Å². The standard InChI is InChI=1S/C25H22ClNO3.C9H10ClN5O2/c1-17(2)24(18-11-13-20(26)14-12-18)25(28)30-23(16-27)19-7-6-10-22(15-19)29-21-8-4-3-5-9-21;10-8-2-1-7(5-12-8)6-14-4-3-11-9(14)13-15(16)17/h3-15,17,23-24H,1-2H3;1-2,5H,3-4,6H2,(H,11,13). The molecule has 0 spiro atoms. The van der Waals surface area contributed by atoms with Gasteiger partial charge in [0.1, 0.15) is 27.8 Å². The largest absolute Gasteiger partial charge is 0.457 e. The third-order valence-corrected chi connectivity index (χ3v) is 7.42. The Morgan fingerprint density at radius 3 is 2.40 bits per heavy atom. The molecule has 1 aliphatic heterocycles. The van der Waals surface area contributed by atoms with E-state index in [-0.39, 0.29) is 11.9 Å². The fraction of sp³-hybridized carbons (Fsp3) is 0.235. The fourth-order valence-corrected chi connectivity index (χ4v) is 5.00. The van der Waals surface area contributed by atoms with E-state index in [0.29, 0.717) is 46.9 Å². The minimum atomic E-state index is -1.04. The highest BCUT2D eigenvalue weighted by atomic mass is 35.5. The molecule has 4 aromatic rings. The molecular formula is C34H32Cl2N6O5. The van der Waals surface area contributed by atoms with E-state index in [1.54, 1.807) is 53.6 Å². The second kappa shape index (κ2) is 16.9. The summed E-state index contributed by atoms with van der Waals surface area (Å²) in [5.74, 6) is 0.571. The van der Waals surface area contributed by atoms with Crippen molar-refractivity contribution in [2.75, 3.05) is 13.1 Å². The molecule has 242 valence electrons. The highest BCUT2D eigenvalue weighted by Gasteiger charge is 2.29. The minimum Gasteiger partial charge on any atom is -0.457 e. The van der Waals surface area contributed by atoms with E-state index in [1.807, 2.05) is 62.4 Å². The van der Waals surface area contributed by atoms with Crippen LogP contribution in [0.15, 0.2) is 102 Å². The Hall–Kier alpha value is -5.18. The number of ether oxygens (including phenoxy) is 2. The summed E-state index contributed by atoms with van der Waals surface area (Å²) in [7, 11) is 0. The van der Waals surface area contributed by atoms with Crippen molar-refractivity contribution in [1.82, 2.24) is 15.2 Å². The Kier molecular flexibility index (Phi) is 12.5. The van der Waals surface area contributed by atoms with E-state index in [2.05, 4.69) is 21.5 Å². The van der Waals surface area contributed by atoms with Crippen molar-refractivity contribution < 1.29 is 19.3 Å². The number of nitrogens with zero attached hydrogens (tertiary/aromatic N) is 5. The molecule has 2 heterocycles. The normalized spacial score (nSPS) is 14.3. The van der Waals surface area contributed by atoms with Crippen molar-refractivity contribution in [3.63, 3.8) is 0 Å². The van der Waals surface area contributed by atoms with E-state index >= 15 is 0 Å². The summed E-state index contributed by atoms with van der Waals surface area (Å²) < 4.78 is 11.4. The van der Waals surface area contributed by atoms with E-state index in [4.69, 9.17) is 32.7 Å². The lowest BCUT2D eigenvalue weighted by Gasteiger charge is -2.22. The van der Waals surface area contributed by atoms with Crippen LogP contribution < -0.4 is 10.1 Å². The van der Waals surface area contributed by atoms with Crippen molar-refractivity contribution in [2.45, 2.75) is 32.4 Å². The first kappa shape index (κ1) is 34.7. The Bertz CT molecular complexity index is 1710. The number of halogens is 2. The average Bonchev–Trinajstić information content (AvgIpc) is 3.48. The number of nitriles is 1. The number of pyridine rings is 1. The number of hydrogen-bond donors (Lipinski definition) is 1. The Balaban J connectivity index is 0.000000248. The number of guanidine groups is 1. The monoisotopic (exact) mass is 674 g/mol. The van der Waals surface area contributed by atoms with Crippen LogP contribution in [0.25, 0.3) is 0 Å². The van der Waals surface area contributed by atoms with Crippen LogP contribution in [0.4, 0.5) is 0 Å². The lowest BCUT2D eigenvalue weighted by Crippen LogP contribution is -2.30. The van der Waals surface area contributed by atoms with Gasteiger partial charge in [0.25, 0.3) is 5.96 Å². The lowest BCUT2D eigenvalue weighted by molar-refractivity contribution is -0.485. The summed E-state index contributed by atoms with van der Waals surface area (Å²) in [6.45, 7) is 5.72. The average molecular weight is 676 g/mol. The summed E-state index contributed by atoms with van der Waals surface area (Å²) in [6, 6.07) is 29.0. The summed E-state index contributed by atoms with van der Waals surface area (Å²) in [4.78, 5) is 29.0. The number of hydrogen-bond acceptors (Lipinski definition) is 7. The van der Waals surface area contributed by atoms with Gasteiger partial charge >= 0.3 is 5.97 Å². The molecular weight excluding hydrogens is 643 g/mol. The lowest BCUT2D eigenvalue weighted by atomic mass is 9.88. The molecule has 1 saturated heterocycles. The van der Waals surface area contributed by atoms with Crippen molar-refractivity contribution >= 4 is 35.1 Å². The number of nitro groups is 1. The molecule has 1 aromatic heterocycles. The van der Waals surface area contributed by atoms with Gasteiger partial charge in [0, 0.05) is 36.4 Å². The fourth-order valence-electron chi connectivity index (χ4n) is 4.76. The number of hydrazone groups is 1. The zero-order valence-corrected chi connectivity index (χ0v) is 27.1. The quantitative estimate of drug-likeness (QED) is 0.0789. The molecule has 47 heavy (non-hydrogen) atoms. The number of carbonyl (C=O) groups is 1. The number of benzene rings is 3. The molecule has 0 bridgehead atoms. The Morgan fingerprint density at radius 1 is 1.04 bits per heavy atom. The summed E-state index contributed by atoms with van der Waals surface area (Å²) in [5, 5.41) is 26.4. The molecule has 2 atom stereocenters. The van der Waals surface area contributed by atoms with Gasteiger partial charge in [-0.1, -0.05) is 85.6 Å². The highest BCUT2D eigenvalue weighted by molar-refractivity contribution is 6.30. The molecule has 0 amide bonds. The number of rotatable bonds is 10. The van der Waals surface area contributed by atoms with E-state index in [9.17, 15) is 20.2 Å². The van der Waals surface area contributed by atoms with Crippen molar-refractivity contribution in [2.24, 2.45) is 11.0 Å². The third-order valence-electron chi connectivity index (χ3n) is 6.94. The van der Waals surface area contributed by atoms with Crippen molar-refractivity contribution in [1.29, 1.82) is 5.26 Å². The number of carbonyl (C=O) groups excluding carboxylic acids is 1. The zero-order valence-electron chi connectivity index (χ0n) is 25.6. The van der Waals surface area contributed by atoms with Gasteiger partial charge in [-0.3, -0.25) is 4.79 Å². The predicted octanol–water partition coefficient (Wildman–Crippen LogP) is 7.37. The molecule has 13 heteroatoms. The maximum Gasteiger partial charge on any atom is 0.315 e. The van der Waals surface area contributed by atoms with Gasteiger partial charge in [0.05, 0.1) is 5.92 Å². The maximum absolute atomic E-state index is 13.0. The third kappa shape index (κ3) is 10.4. The van der Waals surface area contributed by atoms with E-state index in [1.165, 1.54) is 0 Å². The number of nitrogens with one attached hydrogen (secondary N) is 1. The van der Waals surface area contributed by atoms with Gasteiger partial charge in [0.2, 0.25) is 6.10 Å². The molecule has 3 aromatic carbocycles. The molecule has 1 N–H and O–H groups in total. The first-order valence-corrected chi connectivity index (χ1v) is 15.4. The second-order valence-electron chi connectivity index (χ2n) is 10.7. The van der Waals surface area contributed by atoms with Gasteiger partial charge < -0.3 is 19.7 Å². The Morgan fingerprint density at radius 2 is 1.77 bits per heavy atom. The molecule has 0 aliphatic carbocycles. The Labute approximate surface area is 282 Å². The van der Waals surface area contributed by atoms with Crippen LogP contribution in [0.3, 0.4) is 0 Å². The molecule has 1 fully saturated rings. The predicted molar refractivity (Wildman–Crippen MR) is 179 cm³/mol. The van der Waals surface area contributed by atoms with Crippen LogP contribution in [0.1, 0.15) is 42.6 Å². The minimum absolute atomic E-state index is 0.00855. The summed E-state index contributed by atoms with van der Waals surface area (Å²) >= 11 is 11.6. The summed E-state index contributed by atoms with van der Waals surface area (Å²) in [6.07, 6.45) is 0.607. The highest BCUT2D eigenvalue weighted by Crippen LogP contribution is 2.31. The molecule has 0 saturated carbocycles. The van der Waals surface area contributed by atoms with Crippen LogP contribution in [0, 0.1) is 27.4 Å². The van der Waals surface area contributed by atoms with Crippen LogP contribution in [0.5, 0.6) is 11.5 Å². The molecule has 1 aliphatic rings. The summed E-state index contributed by atoms with van der Waals surface area (Å²) in [5.41, 5.74) is 2.28. The van der Waals surface area contributed by atoms with Crippen LogP contribution >= 0.6 is 23.2 Å². The maximum atomic E-state index is 13.0. The van der Waals surface area contributed by atoms with Gasteiger partial charge in [-0.2, -0.15) is 5.26 Å². The van der Waals surface area contributed by atoms with Crippen LogP contribution in [-0.4, -0.2) is 39.9 Å². The van der Waals surface area contributed by atoms with Gasteiger partial charge in [-0.05, 0) is 59.5 Å². The molecule has 2 unspecified atom stereocenters. The number of aromatic nitrogens is 1. The zero-order chi connectivity index (χ0) is 33.8. The first-order valence-electron chi connectivity index (χ1n) is 14.6. The first-order chi connectivity index (χ1) is 22.6. The van der Waals surface area contributed by atoms with E-state index < -0.39 is 23.0 Å². The van der Waals surface area contributed by atoms with Crippen LogP contribution in [0.2, 0.25) is 10.2 Å². The van der Waals surface area contributed by atoms with Crippen molar-refractivity contribution in [3.05, 3.63) is 134 Å². The van der Waals surface area contributed by atoms with Crippen molar-refractivity contribution in [3.8, 4) is 17.6 Å². The smallest absolute Gasteiger partial charge is 0.315 e. The second-order valence-corrected chi connectivity index (χ2v) is 11.5. The number of esters is 1.